The molecule has 0 aliphatic heterocycles. The minimum atomic E-state index is -2.93. The molecule has 0 saturated heterocycles. The minimum absolute atomic E-state index is 0.105. The molecule has 0 aliphatic rings. The van der Waals surface area contributed by atoms with Crippen molar-refractivity contribution in [3.8, 4) is 0 Å². The van der Waals surface area contributed by atoms with Gasteiger partial charge in [-0.05, 0) is 59.6 Å². The number of hydrogen-bond donors (Lipinski definition) is 6. The highest BCUT2D eigenvalue weighted by Gasteiger charge is 2.54. The average Bonchev–Trinajstić information content (AvgIpc) is 2.78. The highest BCUT2D eigenvalue weighted by molar-refractivity contribution is 5.34. The minimum Gasteiger partial charge on any atom is -0.394 e. The molecule has 236 valence electrons. The largest absolute Gasteiger partial charge is 0.394 e. The monoisotopic (exact) mass is 600 g/mol. The van der Waals surface area contributed by atoms with Crippen molar-refractivity contribution >= 4 is 0 Å². The van der Waals surface area contributed by atoms with Crippen LogP contribution in [0.5, 0.6) is 0 Å². The summed E-state index contributed by atoms with van der Waals surface area (Å²) in [6.07, 6.45) is -8.81. The summed E-state index contributed by atoms with van der Waals surface area (Å²) in [4.78, 5) is 0. The Morgan fingerprint density at radius 3 is 1.40 bits per heavy atom. The van der Waals surface area contributed by atoms with Crippen LogP contribution in [0, 0.1) is 23.3 Å². The number of hydrogen-bond acceptors (Lipinski definition) is 6. The van der Waals surface area contributed by atoms with Crippen molar-refractivity contribution < 1.29 is 48.2 Å². The molecule has 6 N–H and O–H groups in total. The van der Waals surface area contributed by atoms with E-state index < -0.39 is 89.5 Å². The van der Waals surface area contributed by atoms with Gasteiger partial charge in [0.15, 0.2) is 0 Å². The van der Waals surface area contributed by atoms with Gasteiger partial charge in [-0.15, -0.1) is 6.58 Å². The molecule has 5 atom stereocenters. The van der Waals surface area contributed by atoms with Gasteiger partial charge in [0.2, 0.25) is 0 Å². The number of halogens is 4. The Balaban J connectivity index is 2.70. The predicted molar refractivity (Wildman–Crippen MR) is 152 cm³/mol. The zero-order valence-electron chi connectivity index (χ0n) is 25.3. The van der Waals surface area contributed by atoms with Crippen LogP contribution in [0.2, 0.25) is 0 Å². The first-order valence-electron chi connectivity index (χ1n) is 13.7. The first-order valence-corrected chi connectivity index (χ1v) is 13.7. The van der Waals surface area contributed by atoms with Gasteiger partial charge in [0.25, 0.3) is 0 Å². The zero-order valence-corrected chi connectivity index (χ0v) is 25.3. The lowest BCUT2D eigenvalue weighted by atomic mass is 9.70. The molecule has 0 radical (unpaired) electrons. The first kappa shape index (κ1) is 35.9. The maximum Gasteiger partial charge on any atom is 0.130 e. The summed E-state index contributed by atoms with van der Waals surface area (Å²) >= 11 is 0. The van der Waals surface area contributed by atoms with Gasteiger partial charge in [-0.1, -0.05) is 47.1 Å². The second-order valence-electron chi connectivity index (χ2n) is 13.5. The van der Waals surface area contributed by atoms with Crippen molar-refractivity contribution in [2.24, 2.45) is 0 Å². The van der Waals surface area contributed by atoms with Gasteiger partial charge in [0.1, 0.15) is 52.8 Å². The van der Waals surface area contributed by atoms with Crippen LogP contribution in [0.1, 0.15) is 77.1 Å². The normalized spacial score (nSPS) is 17.7. The van der Waals surface area contributed by atoms with Crippen molar-refractivity contribution in [3.63, 3.8) is 0 Å². The van der Waals surface area contributed by atoms with E-state index in [0.717, 1.165) is 24.3 Å². The van der Waals surface area contributed by atoms with Crippen LogP contribution in [-0.2, 0) is 23.7 Å². The third-order valence-corrected chi connectivity index (χ3v) is 7.36. The molecule has 0 fully saturated rings. The number of aliphatic hydroxyl groups is 6. The summed E-state index contributed by atoms with van der Waals surface area (Å²) in [5.41, 5.74) is -7.74. The fourth-order valence-electron chi connectivity index (χ4n) is 5.61. The lowest BCUT2D eigenvalue weighted by Gasteiger charge is -2.46. The summed E-state index contributed by atoms with van der Waals surface area (Å²) < 4.78 is 60.1. The second kappa shape index (κ2) is 12.7. The quantitative estimate of drug-likeness (QED) is 0.171. The second-order valence-corrected chi connectivity index (χ2v) is 13.5. The highest BCUT2D eigenvalue weighted by atomic mass is 19.1. The van der Waals surface area contributed by atoms with Gasteiger partial charge < -0.3 is 30.6 Å². The van der Waals surface area contributed by atoms with Crippen molar-refractivity contribution in [1.82, 2.24) is 0 Å². The SMILES string of the molecule is C=C(C)CC(O)(Cc1cc(F)c(C(C)(C)C)c(F)c1)[C@@H](O)[C@@](O)(Cc1cc(F)c(C(C)(C)C)c(F)c1)[C@H](O)[C@@H](O)CO. The molecule has 2 aromatic carbocycles. The van der Waals surface area contributed by atoms with E-state index >= 15 is 17.6 Å². The number of aliphatic hydroxyl groups excluding tert-OH is 4. The van der Waals surface area contributed by atoms with Crippen molar-refractivity contribution in [2.75, 3.05) is 6.61 Å². The highest BCUT2D eigenvalue weighted by Crippen LogP contribution is 2.38. The molecular weight excluding hydrogens is 556 g/mol. The fourth-order valence-corrected chi connectivity index (χ4v) is 5.61. The van der Waals surface area contributed by atoms with Gasteiger partial charge in [0.05, 0.1) is 6.61 Å². The average molecular weight is 601 g/mol. The van der Waals surface area contributed by atoms with Crippen LogP contribution in [-0.4, -0.2) is 66.8 Å². The van der Waals surface area contributed by atoms with Gasteiger partial charge in [-0.3, -0.25) is 0 Å². The smallest absolute Gasteiger partial charge is 0.130 e. The Morgan fingerprint density at radius 2 is 1.10 bits per heavy atom. The van der Waals surface area contributed by atoms with E-state index in [9.17, 15) is 30.6 Å². The van der Waals surface area contributed by atoms with Crippen LogP contribution in [0.15, 0.2) is 36.4 Å². The lowest BCUT2D eigenvalue weighted by molar-refractivity contribution is -0.228. The van der Waals surface area contributed by atoms with Crippen molar-refractivity contribution in [3.05, 3.63) is 81.9 Å². The van der Waals surface area contributed by atoms with Crippen LogP contribution < -0.4 is 0 Å². The van der Waals surface area contributed by atoms with Crippen LogP contribution in [0.4, 0.5) is 17.6 Å². The Kier molecular flexibility index (Phi) is 10.9. The molecular formula is C32H44F4O6. The maximum absolute atomic E-state index is 15.0. The molecule has 0 aromatic heterocycles. The van der Waals surface area contributed by atoms with Gasteiger partial charge in [0, 0.05) is 24.0 Å². The molecule has 0 heterocycles. The van der Waals surface area contributed by atoms with Crippen molar-refractivity contribution in [1.29, 1.82) is 0 Å². The number of benzene rings is 2. The van der Waals surface area contributed by atoms with E-state index in [1.54, 1.807) is 41.5 Å². The Bertz CT molecular complexity index is 1240. The van der Waals surface area contributed by atoms with E-state index in [2.05, 4.69) is 6.58 Å². The maximum atomic E-state index is 15.0. The Morgan fingerprint density at radius 1 is 0.738 bits per heavy atom. The molecule has 0 spiro atoms. The van der Waals surface area contributed by atoms with E-state index in [1.165, 1.54) is 6.92 Å². The molecule has 2 aromatic rings. The third-order valence-electron chi connectivity index (χ3n) is 7.36. The van der Waals surface area contributed by atoms with E-state index in [1.807, 2.05) is 0 Å². The third kappa shape index (κ3) is 7.78. The zero-order chi connectivity index (χ0) is 32.6. The molecule has 0 bridgehead atoms. The van der Waals surface area contributed by atoms with E-state index in [4.69, 9.17) is 0 Å². The molecule has 42 heavy (non-hydrogen) atoms. The van der Waals surface area contributed by atoms with Crippen LogP contribution >= 0.6 is 0 Å². The molecule has 0 saturated carbocycles. The summed E-state index contributed by atoms with van der Waals surface area (Å²) in [6, 6.07) is 3.75. The molecule has 2 rings (SSSR count). The molecule has 0 amide bonds. The summed E-state index contributed by atoms with van der Waals surface area (Å²) in [5, 5.41) is 65.7. The Labute approximate surface area is 245 Å². The Hall–Kier alpha value is -2.34. The summed E-state index contributed by atoms with van der Waals surface area (Å²) in [7, 11) is 0. The van der Waals surface area contributed by atoms with Crippen molar-refractivity contribution in [2.45, 2.75) is 108 Å². The lowest BCUT2D eigenvalue weighted by Crippen LogP contribution is -2.66. The van der Waals surface area contributed by atoms with Gasteiger partial charge >= 0.3 is 0 Å². The summed E-state index contributed by atoms with van der Waals surface area (Å²) in [5.74, 6) is -3.73. The van der Waals surface area contributed by atoms with Crippen LogP contribution in [0.25, 0.3) is 0 Å². The van der Waals surface area contributed by atoms with E-state index in [0.29, 0.717) is 0 Å². The van der Waals surface area contributed by atoms with Gasteiger partial charge in [-0.25, -0.2) is 17.6 Å². The standard InChI is InChI=1S/C32H44F4O6/c1-17(2)13-31(41,14-18-9-20(33)25(21(34)10-18)29(3,4)5)28(40)32(42,27(39)24(38)16-37)15-19-11-22(35)26(23(36)12-19)30(6,7)8/h9-12,24,27-28,37-42H,1,13-16H2,2-8H3/t24-,27+,28+,31?,32+/m0/s1. The predicted octanol–water partition coefficient (Wildman–Crippen LogP) is 4.13. The van der Waals surface area contributed by atoms with E-state index in [-0.39, 0.29) is 27.8 Å². The fraction of sp³-hybridized carbons (Fsp3) is 0.562. The molecule has 10 heteroatoms. The van der Waals surface area contributed by atoms with Crippen LogP contribution in [0.3, 0.4) is 0 Å². The molecule has 1 unspecified atom stereocenters. The molecule has 6 nitrogen and oxygen atoms in total. The molecule has 0 aliphatic carbocycles. The van der Waals surface area contributed by atoms with Gasteiger partial charge in [-0.2, -0.15) is 0 Å². The topological polar surface area (TPSA) is 121 Å². The number of rotatable bonds is 11. The first-order chi connectivity index (χ1) is 19.0. The summed E-state index contributed by atoms with van der Waals surface area (Å²) in [6.45, 7) is 13.7.